The summed E-state index contributed by atoms with van der Waals surface area (Å²) in [6.07, 6.45) is 1.05. The van der Waals surface area contributed by atoms with Gasteiger partial charge in [0.05, 0.1) is 6.61 Å². The Kier molecular flexibility index (Phi) is 7.80. The molecule has 0 spiro atoms. The van der Waals surface area contributed by atoms with Gasteiger partial charge in [-0.05, 0) is 12.8 Å². The molecule has 2 heterocycles. The van der Waals surface area contributed by atoms with E-state index in [4.69, 9.17) is 15.7 Å². The number of aliphatic carboxylic acids is 1. The van der Waals surface area contributed by atoms with E-state index in [1.54, 1.807) is 0 Å². The Labute approximate surface area is 165 Å². The highest BCUT2D eigenvalue weighted by Gasteiger charge is 2.54. The molecule has 3 unspecified atom stereocenters. The smallest absolute Gasteiger partial charge is 0.352 e. The van der Waals surface area contributed by atoms with Crippen LogP contribution in [0.5, 0.6) is 0 Å². The van der Waals surface area contributed by atoms with E-state index >= 15 is 0 Å². The number of rotatable bonds is 10. The van der Waals surface area contributed by atoms with Gasteiger partial charge in [-0.3, -0.25) is 24.5 Å². The molecule has 1 saturated heterocycles. The van der Waals surface area contributed by atoms with E-state index in [0.717, 1.165) is 4.90 Å². The van der Waals surface area contributed by atoms with E-state index in [1.807, 2.05) is 0 Å². The van der Waals surface area contributed by atoms with Gasteiger partial charge in [0.25, 0.3) is 5.91 Å². The third-order valence-corrected chi connectivity index (χ3v) is 5.62. The Bertz CT molecular complexity index is 683. The van der Waals surface area contributed by atoms with Crippen LogP contribution in [-0.4, -0.2) is 75.4 Å². The van der Waals surface area contributed by atoms with Gasteiger partial charge in [0.1, 0.15) is 23.7 Å². The molecule has 0 aromatic rings. The molecule has 0 bridgehead atoms. The maximum atomic E-state index is 12.4. The minimum absolute atomic E-state index is 0.0314. The number of ether oxygens (including phenoxy) is 1. The first kappa shape index (κ1) is 22.1. The number of nitrogens with one attached hydrogen (secondary N) is 1. The van der Waals surface area contributed by atoms with Crippen molar-refractivity contribution in [3.8, 4) is 0 Å². The largest absolute Gasteiger partial charge is 0.477 e. The van der Waals surface area contributed by atoms with Crippen molar-refractivity contribution >= 4 is 35.5 Å². The van der Waals surface area contributed by atoms with Crippen LogP contribution in [-0.2, 0) is 28.8 Å². The second-order valence-electron chi connectivity index (χ2n) is 6.44. The number of amides is 2. The maximum Gasteiger partial charge on any atom is 0.352 e. The zero-order valence-corrected chi connectivity index (χ0v) is 16.1. The molecule has 0 aliphatic carbocycles. The van der Waals surface area contributed by atoms with Crippen LogP contribution in [0.4, 0.5) is 0 Å². The van der Waals surface area contributed by atoms with E-state index in [9.17, 15) is 24.3 Å². The summed E-state index contributed by atoms with van der Waals surface area (Å²) in [6, 6.07) is -1.21. The number of carboxylic acids is 1. The molecular formula is C16H23N3O8S. The number of fused-ring (bicyclic) bond motifs is 1. The number of nitrogens with two attached hydrogens (primary N) is 1. The summed E-state index contributed by atoms with van der Waals surface area (Å²) in [5.74, 6) is -2.43. The summed E-state index contributed by atoms with van der Waals surface area (Å²) in [6.45, 7) is 0.982. The number of hydrogen-bond donors (Lipinski definition) is 4. The van der Waals surface area contributed by atoms with Crippen LogP contribution >= 0.6 is 11.8 Å². The van der Waals surface area contributed by atoms with Crippen molar-refractivity contribution in [3.63, 3.8) is 0 Å². The molecule has 0 aromatic heterocycles. The summed E-state index contributed by atoms with van der Waals surface area (Å²) in [5.41, 5.74) is 5.78. The summed E-state index contributed by atoms with van der Waals surface area (Å²) in [4.78, 5) is 52.1. The topological polar surface area (TPSA) is 168 Å². The van der Waals surface area contributed by atoms with Crippen LogP contribution in [0, 0.1) is 0 Å². The number of thioether (sulfide) groups is 1. The van der Waals surface area contributed by atoms with Crippen molar-refractivity contribution in [2.45, 2.75) is 43.6 Å². The van der Waals surface area contributed by atoms with E-state index < -0.39 is 35.3 Å². The fraction of sp³-hybridized carbons (Fsp3) is 0.625. The first-order chi connectivity index (χ1) is 13.3. The molecule has 2 rings (SSSR count). The van der Waals surface area contributed by atoms with E-state index in [1.165, 1.54) is 18.7 Å². The minimum atomic E-state index is -1.29. The van der Waals surface area contributed by atoms with Gasteiger partial charge in [-0.2, -0.15) is 0 Å². The predicted octanol–water partition coefficient (Wildman–Crippen LogP) is -0.725. The summed E-state index contributed by atoms with van der Waals surface area (Å²) in [5, 5.41) is 19.9. The van der Waals surface area contributed by atoms with Crippen molar-refractivity contribution in [2.75, 3.05) is 19.0 Å². The summed E-state index contributed by atoms with van der Waals surface area (Å²) < 4.78 is 4.86. The Morgan fingerprint density at radius 1 is 1.43 bits per heavy atom. The highest BCUT2D eigenvalue weighted by Crippen LogP contribution is 2.40. The van der Waals surface area contributed by atoms with Crippen LogP contribution in [0.2, 0.25) is 0 Å². The van der Waals surface area contributed by atoms with E-state index in [-0.39, 0.29) is 37.0 Å². The predicted molar refractivity (Wildman–Crippen MR) is 96.7 cm³/mol. The molecule has 2 aliphatic rings. The Hall–Kier alpha value is -2.15. The van der Waals surface area contributed by atoms with Crippen LogP contribution in [0.1, 0.15) is 26.2 Å². The number of carbonyl (C=O) groups excluding carboxylic acids is 3. The standard InChI is InChI=1S/C16H23N3O8S/c1-8(20)26-5-9-7-28-15-12(14(22)19(15)13(9)16(23)24)18-11(21)4-2-3-10(17)6-27-25/h10,12,15,25H,2-7,17H2,1H3,(H,18,21)(H,23,24). The number of carbonyl (C=O) groups is 4. The first-order valence-corrected chi connectivity index (χ1v) is 9.65. The fourth-order valence-corrected chi connectivity index (χ4v) is 4.26. The molecule has 12 heteroatoms. The molecule has 156 valence electrons. The van der Waals surface area contributed by atoms with Crippen molar-refractivity contribution < 1.29 is 39.2 Å². The lowest BCUT2D eigenvalue weighted by atomic mass is 10.0. The molecule has 5 N–H and O–H groups in total. The highest BCUT2D eigenvalue weighted by molar-refractivity contribution is 8.00. The second kappa shape index (κ2) is 9.87. The SMILES string of the molecule is CC(=O)OCC1=C(C(=O)O)N2C(=O)C(NC(=O)CCCC(N)COO)C2SC1. The molecule has 0 radical (unpaired) electrons. The van der Waals surface area contributed by atoms with Crippen molar-refractivity contribution in [3.05, 3.63) is 11.3 Å². The molecule has 0 saturated carbocycles. The van der Waals surface area contributed by atoms with Gasteiger partial charge < -0.3 is 20.9 Å². The van der Waals surface area contributed by atoms with Gasteiger partial charge in [-0.25, -0.2) is 9.68 Å². The monoisotopic (exact) mass is 417 g/mol. The molecule has 28 heavy (non-hydrogen) atoms. The molecule has 2 aliphatic heterocycles. The van der Waals surface area contributed by atoms with Gasteiger partial charge in [0.2, 0.25) is 5.91 Å². The van der Waals surface area contributed by atoms with Crippen LogP contribution in [0.15, 0.2) is 11.3 Å². The Balaban J connectivity index is 1.93. The maximum absolute atomic E-state index is 12.4. The third-order valence-electron chi connectivity index (χ3n) is 4.28. The zero-order chi connectivity index (χ0) is 20.8. The van der Waals surface area contributed by atoms with Gasteiger partial charge in [-0.1, -0.05) is 0 Å². The number of nitrogens with zero attached hydrogens (tertiary/aromatic N) is 1. The summed E-state index contributed by atoms with van der Waals surface area (Å²) in [7, 11) is 0. The molecule has 0 aromatic carbocycles. The molecule has 3 atom stereocenters. The second-order valence-corrected chi connectivity index (χ2v) is 7.55. The lowest BCUT2D eigenvalue weighted by molar-refractivity contribution is -0.245. The van der Waals surface area contributed by atoms with Crippen molar-refractivity contribution in [1.29, 1.82) is 0 Å². The lowest BCUT2D eigenvalue weighted by Crippen LogP contribution is -2.70. The molecule has 11 nitrogen and oxygen atoms in total. The van der Waals surface area contributed by atoms with E-state index in [2.05, 4.69) is 10.2 Å². The van der Waals surface area contributed by atoms with Crippen LogP contribution < -0.4 is 11.1 Å². The number of hydrogen-bond acceptors (Lipinski definition) is 9. The number of carboxylic acid groups (broad SMARTS) is 1. The van der Waals surface area contributed by atoms with Gasteiger partial charge in [0.15, 0.2) is 0 Å². The van der Waals surface area contributed by atoms with Crippen molar-refractivity contribution in [1.82, 2.24) is 10.2 Å². The molecular weight excluding hydrogens is 394 g/mol. The Morgan fingerprint density at radius 2 is 2.14 bits per heavy atom. The van der Waals surface area contributed by atoms with Crippen molar-refractivity contribution in [2.24, 2.45) is 5.73 Å². The van der Waals surface area contributed by atoms with Gasteiger partial charge in [-0.15, -0.1) is 11.8 Å². The number of esters is 1. The van der Waals surface area contributed by atoms with E-state index in [0.29, 0.717) is 18.4 Å². The van der Waals surface area contributed by atoms with Crippen LogP contribution in [0.3, 0.4) is 0 Å². The minimum Gasteiger partial charge on any atom is -0.477 e. The fourth-order valence-electron chi connectivity index (χ4n) is 2.93. The van der Waals surface area contributed by atoms with Gasteiger partial charge >= 0.3 is 11.9 Å². The first-order valence-electron chi connectivity index (χ1n) is 8.61. The average molecular weight is 417 g/mol. The van der Waals surface area contributed by atoms with Gasteiger partial charge in [0, 0.05) is 30.7 Å². The number of β-lactam (4-membered cyclic amide) rings is 1. The molecule has 1 fully saturated rings. The lowest BCUT2D eigenvalue weighted by Gasteiger charge is -2.49. The Morgan fingerprint density at radius 3 is 2.75 bits per heavy atom. The molecule has 2 amide bonds. The summed E-state index contributed by atoms with van der Waals surface area (Å²) >= 11 is 1.30. The van der Waals surface area contributed by atoms with Crippen LogP contribution in [0.25, 0.3) is 0 Å². The average Bonchev–Trinajstić information content (AvgIpc) is 2.63. The highest BCUT2D eigenvalue weighted by atomic mass is 32.2. The quantitative estimate of drug-likeness (QED) is 0.154. The zero-order valence-electron chi connectivity index (χ0n) is 15.3. The normalized spacial score (nSPS) is 22.2. The third kappa shape index (κ3) is 5.22.